The van der Waals surface area contributed by atoms with Gasteiger partial charge in [0, 0.05) is 32.7 Å². The van der Waals surface area contributed by atoms with Crippen LogP contribution in [0, 0.1) is 0 Å². The summed E-state index contributed by atoms with van der Waals surface area (Å²) in [7, 11) is 0. The maximum Gasteiger partial charge on any atom is 0.120 e. The lowest BCUT2D eigenvalue weighted by Crippen LogP contribution is -2.47. The number of hydrogen-bond acceptors (Lipinski definition) is 4. The highest BCUT2D eigenvalue weighted by Crippen LogP contribution is 2.20. The second kappa shape index (κ2) is 6.89. The van der Waals surface area contributed by atoms with E-state index >= 15 is 0 Å². The largest absolute Gasteiger partial charge is 0.491 e. The Morgan fingerprint density at radius 3 is 2.67 bits per heavy atom. The van der Waals surface area contributed by atoms with Gasteiger partial charge in [-0.2, -0.15) is 0 Å². The third-order valence-electron chi connectivity index (χ3n) is 3.84. The smallest absolute Gasteiger partial charge is 0.120 e. The van der Waals surface area contributed by atoms with Gasteiger partial charge in [0.2, 0.25) is 0 Å². The minimum atomic E-state index is -0.449. The van der Waals surface area contributed by atoms with Crippen molar-refractivity contribution in [2.75, 3.05) is 39.3 Å². The van der Waals surface area contributed by atoms with Gasteiger partial charge in [-0.1, -0.05) is 30.3 Å². The lowest BCUT2D eigenvalue weighted by molar-refractivity contribution is 0.0642. The molecule has 0 unspecified atom stereocenters. The van der Waals surface area contributed by atoms with E-state index in [1.165, 1.54) is 5.39 Å². The van der Waals surface area contributed by atoms with E-state index in [2.05, 4.69) is 22.3 Å². The molecule has 1 atom stereocenters. The first-order valence-corrected chi connectivity index (χ1v) is 7.54. The minimum Gasteiger partial charge on any atom is -0.491 e. The van der Waals surface area contributed by atoms with Crippen LogP contribution in [0.1, 0.15) is 0 Å². The number of piperazine rings is 1. The standard InChI is InChI=1S/C17H22N2O2/c20-16(12-19-9-7-18-8-10-19)13-21-17-6-5-14-3-1-2-4-15(14)11-17/h1-6,11,16,18,20H,7-10,12-13H2/t16-/m1/s1. The predicted octanol–water partition coefficient (Wildman–Crippen LogP) is 1.48. The van der Waals surface area contributed by atoms with Crippen LogP contribution in [0.25, 0.3) is 10.8 Å². The normalized spacial score (nSPS) is 17.8. The molecule has 0 bridgehead atoms. The van der Waals surface area contributed by atoms with Crippen molar-refractivity contribution in [3.05, 3.63) is 42.5 Å². The number of rotatable bonds is 5. The summed E-state index contributed by atoms with van der Waals surface area (Å²) in [5.41, 5.74) is 0. The second-order valence-electron chi connectivity index (χ2n) is 5.52. The highest BCUT2D eigenvalue weighted by atomic mass is 16.5. The van der Waals surface area contributed by atoms with Crippen LogP contribution < -0.4 is 10.1 Å². The lowest BCUT2D eigenvalue weighted by Gasteiger charge is -2.29. The molecule has 0 radical (unpaired) electrons. The van der Waals surface area contributed by atoms with Crippen molar-refractivity contribution in [2.24, 2.45) is 0 Å². The SMILES string of the molecule is O[C@@H](COc1ccc2ccccc2c1)CN1CCNCC1. The molecule has 4 heteroatoms. The molecule has 2 N–H and O–H groups in total. The van der Waals surface area contributed by atoms with Gasteiger partial charge >= 0.3 is 0 Å². The molecule has 0 aliphatic carbocycles. The van der Waals surface area contributed by atoms with Crippen molar-refractivity contribution in [3.63, 3.8) is 0 Å². The summed E-state index contributed by atoms with van der Waals surface area (Å²) < 4.78 is 5.73. The highest BCUT2D eigenvalue weighted by Gasteiger charge is 2.14. The summed E-state index contributed by atoms with van der Waals surface area (Å²) >= 11 is 0. The van der Waals surface area contributed by atoms with Crippen molar-refractivity contribution in [1.82, 2.24) is 10.2 Å². The molecule has 0 spiro atoms. The van der Waals surface area contributed by atoms with Gasteiger partial charge in [0.25, 0.3) is 0 Å². The number of benzene rings is 2. The van der Waals surface area contributed by atoms with Gasteiger partial charge in [-0.15, -0.1) is 0 Å². The van der Waals surface area contributed by atoms with Gasteiger partial charge < -0.3 is 15.2 Å². The maximum atomic E-state index is 10.1. The molecule has 0 amide bonds. The number of hydrogen-bond donors (Lipinski definition) is 2. The topological polar surface area (TPSA) is 44.7 Å². The van der Waals surface area contributed by atoms with Crippen LogP contribution in [0.3, 0.4) is 0 Å². The Morgan fingerprint density at radius 1 is 1.10 bits per heavy atom. The lowest BCUT2D eigenvalue weighted by atomic mass is 10.1. The predicted molar refractivity (Wildman–Crippen MR) is 84.8 cm³/mol. The molecule has 2 aromatic rings. The number of fused-ring (bicyclic) bond motifs is 1. The summed E-state index contributed by atoms with van der Waals surface area (Å²) in [6, 6.07) is 14.2. The van der Waals surface area contributed by atoms with Gasteiger partial charge in [-0.3, -0.25) is 4.90 Å². The average Bonchev–Trinajstić information content (AvgIpc) is 2.54. The zero-order valence-electron chi connectivity index (χ0n) is 12.2. The second-order valence-corrected chi connectivity index (χ2v) is 5.52. The molecule has 1 aliphatic rings. The average molecular weight is 286 g/mol. The minimum absolute atomic E-state index is 0.336. The van der Waals surface area contributed by atoms with Crippen LogP contribution in [0.4, 0.5) is 0 Å². The quantitative estimate of drug-likeness (QED) is 0.874. The Labute approximate surface area is 125 Å². The zero-order valence-corrected chi connectivity index (χ0v) is 12.2. The Morgan fingerprint density at radius 2 is 1.86 bits per heavy atom. The molecular formula is C17H22N2O2. The summed E-state index contributed by atoms with van der Waals surface area (Å²) in [4.78, 5) is 2.27. The summed E-state index contributed by atoms with van der Waals surface area (Å²) in [5, 5.41) is 15.8. The van der Waals surface area contributed by atoms with Crippen LogP contribution in [-0.4, -0.2) is 55.4 Å². The van der Waals surface area contributed by atoms with E-state index < -0.39 is 6.10 Å². The number of aliphatic hydroxyl groups excluding tert-OH is 1. The Kier molecular flexibility index (Phi) is 4.70. The third-order valence-corrected chi connectivity index (χ3v) is 3.84. The number of ether oxygens (including phenoxy) is 1. The van der Waals surface area contributed by atoms with E-state index in [9.17, 15) is 5.11 Å². The van der Waals surface area contributed by atoms with Crippen molar-refractivity contribution < 1.29 is 9.84 Å². The Hall–Kier alpha value is -1.62. The van der Waals surface area contributed by atoms with E-state index in [-0.39, 0.29) is 0 Å². The van der Waals surface area contributed by atoms with Gasteiger partial charge in [0.15, 0.2) is 0 Å². The van der Waals surface area contributed by atoms with Crippen molar-refractivity contribution in [2.45, 2.75) is 6.10 Å². The van der Waals surface area contributed by atoms with Crippen LogP contribution in [0.15, 0.2) is 42.5 Å². The van der Waals surface area contributed by atoms with E-state index in [1.807, 2.05) is 30.3 Å². The summed E-state index contributed by atoms with van der Waals surface area (Å²) in [6.45, 7) is 4.99. The number of nitrogens with one attached hydrogen (secondary N) is 1. The summed E-state index contributed by atoms with van der Waals surface area (Å²) in [5.74, 6) is 0.813. The monoisotopic (exact) mass is 286 g/mol. The molecule has 21 heavy (non-hydrogen) atoms. The molecule has 0 aromatic heterocycles. The van der Waals surface area contributed by atoms with Gasteiger partial charge in [0.05, 0.1) is 0 Å². The van der Waals surface area contributed by atoms with Crippen LogP contribution in [0.2, 0.25) is 0 Å². The van der Waals surface area contributed by atoms with Gasteiger partial charge in [0.1, 0.15) is 18.5 Å². The van der Waals surface area contributed by atoms with E-state index in [0.29, 0.717) is 13.2 Å². The molecule has 0 saturated carbocycles. The van der Waals surface area contributed by atoms with E-state index in [0.717, 1.165) is 37.3 Å². The number of nitrogens with zero attached hydrogens (tertiary/aromatic N) is 1. The van der Waals surface area contributed by atoms with Crippen LogP contribution in [0.5, 0.6) is 5.75 Å². The fraction of sp³-hybridized carbons (Fsp3) is 0.412. The Balaban J connectivity index is 1.53. The number of aliphatic hydroxyl groups is 1. The van der Waals surface area contributed by atoms with Gasteiger partial charge in [-0.05, 0) is 22.9 Å². The molecule has 2 aromatic carbocycles. The number of β-amino-alcohol motifs (C(OH)–C–C–N with tert-alkyl or cyclic N) is 1. The summed E-state index contributed by atoms with van der Waals surface area (Å²) in [6.07, 6.45) is -0.449. The molecule has 1 saturated heterocycles. The van der Waals surface area contributed by atoms with Crippen molar-refractivity contribution in [1.29, 1.82) is 0 Å². The van der Waals surface area contributed by atoms with E-state index in [1.54, 1.807) is 0 Å². The molecule has 1 heterocycles. The third kappa shape index (κ3) is 3.94. The molecular weight excluding hydrogens is 264 g/mol. The fourth-order valence-corrected chi connectivity index (χ4v) is 2.69. The molecule has 1 aliphatic heterocycles. The molecule has 1 fully saturated rings. The van der Waals surface area contributed by atoms with Crippen LogP contribution in [-0.2, 0) is 0 Å². The van der Waals surface area contributed by atoms with Crippen molar-refractivity contribution in [3.8, 4) is 5.75 Å². The van der Waals surface area contributed by atoms with E-state index in [4.69, 9.17) is 4.74 Å². The fourth-order valence-electron chi connectivity index (χ4n) is 2.69. The molecule has 3 rings (SSSR count). The maximum absolute atomic E-state index is 10.1. The van der Waals surface area contributed by atoms with Crippen molar-refractivity contribution >= 4 is 10.8 Å². The molecule has 112 valence electrons. The highest BCUT2D eigenvalue weighted by molar-refractivity contribution is 5.83. The zero-order chi connectivity index (χ0) is 14.5. The first kappa shape index (κ1) is 14.3. The Bertz CT molecular complexity index is 582. The first-order valence-electron chi connectivity index (χ1n) is 7.54. The molecule has 4 nitrogen and oxygen atoms in total. The first-order chi connectivity index (χ1) is 10.3. The van der Waals surface area contributed by atoms with Gasteiger partial charge in [-0.25, -0.2) is 0 Å². The van der Waals surface area contributed by atoms with Crippen LogP contribution >= 0.6 is 0 Å².